The van der Waals surface area contributed by atoms with Crippen molar-refractivity contribution in [2.75, 3.05) is 14.2 Å². The maximum Gasteiger partial charge on any atom is 0.123 e. The van der Waals surface area contributed by atoms with Gasteiger partial charge in [-0.1, -0.05) is 12.8 Å². The number of ether oxygens (including phenoxy) is 2. The normalized spacial score (nSPS) is 16.6. The Labute approximate surface area is 102 Å². The minimum absolute atomic E-state index is 0.132. The predicted molar refractivity (Wildman–Crippen MR) is 67.0 cm³/mol. The number of nitrogens with one attached hydrogen (secondary N) is 1. The molecule has 0 aliphatic heterocycles. The third kappa shape index (κ3) is 2.90. The Morgan fingerprint density at radius 2 is 2.12 bits per heavy atom. The molecule has 1 atom stereocenters. The van der Waals surface area contributed by atoms with Crippen molar-refractivity contribution < 1.29 is 9.47 Å². The van der Waals surface area contributed by atoms with Crippen LogP contribution in [0.1, 0.15) is 30.9 Å². The fourth-order valence-electron chi connectivity index (χ4n) is 2.08. The van der Waals surface area contributed by atoms with Crippen molar-refractivity contribution >= 4 is 0 Å². The summed E-state index contributed by atoms with van der Waals surface area (Å²) in [6.45, 7) is 0. The Balaban J connectivity index is 2.24. The summed E-state index contributed by atoms with van der Waals surface area (Å²) in [6.07, 6.45) is 3.68. The van der Waals surface area contributed by atoms with Gasteiger partial charge in [0.2, 0.25) is 0 Å². The third-order valence-corrected chi connectivity index (χ3v) is 3.28. The molecule has 0 radical (unpaired) electrons. The molecule has 1 aromatic rings. The average molecular weight is 236 g/mol. The van der Waals surface area contributed by atoms with E-state index in [4.69, 9.17) is 15.3 Å². The van der Waals surface area contributed by atoms with Crippen LogP contribution in [-0.2, 0) is 0 Å². The monoisotopic (exact) mass is 236 g/mol. The van der Waals surface area contributed by atoms with Crippen LogP contribution in [0.4, 0.5) is 0 Å². The van der Waals surface area contributed by atoms with Gasteiger partial charge in [-0.15, -0.1) is 0 Å². The number of hydrogen-bond donors (Lipinski definition) is 2. The minimum atomic E-state index is 0.132. The zero-order valence-corrected chi connectivity index (χ0v) is 10.4. The fourth-order valence-corrected chi connectivity index (χ4v) is 2.08. The molecule has 3 N–H and O–H groups in total. The first kappa shape index (κ1) is 12.2. The molecule has 94 valence electrons. The Hall–Kier alpha value is -1.26. The van der Waals surface area contributed by atoms with Crippen molar-refractivity contribution in [1.82, 2.24) is 5.43 Å². The average Bonchev–Trinajstić information content (AvgIpc) is 3.19. The van der Waals surface area contributed by atoms with Crippen LogP contribution in [0, 0.1) is 5.92 Å². The molecule has 1 unspecified atom stereocenters. The van der Waals surface area contributed by atoms with Crippen LogP contribution in [0.2, 0.25) is 0 Å². The van der Waals surface area contributed by atoms with Crippen LogP contribution in [0.3, 0.4) is 0 Å². The molecule has 4 heteroatoms. The van der Waals surface area contributed by atoms with Crippen molar-refractivity contribution in [3.05, 3.63) is 23.8 Å². The van der Waals surface area contributed by atoms with Crippen molar-refractivity contribution in [1.29, 1.82) is 0 Å². The molecule has 1 fully saturated rings. The second-order valence-electron chi connectivity index (χ2n) is 4.51. The molecule has 0 aromatic heterocycles. The van der Waals surface area contributed by atoms with E-state index in [1.807, 2.05) is 18.2 Å². The smallest absolute Gasteiger partial charge is 0.123 e. The molecule has 1 aliphatic carbocycles. The molecule has 1 aromatic carbocycles. The number of hydrazine groups is 1. The maximum atomic E-state index is 5.65. The number of rotatable bonds is 6. The van der Waals surface area contributed by atoms with E-state index in [0.717, 1.165) is 29.4 Å². The van der Waals surface area contributed by atoms with Crippen LogP contribution in [0.5, 0.6) is 11.5 Å². The standard InChI is InChI=1S/C13H20N2O2/c1-16-10-5-6-13(17-2)11(8-10)12(15-14)7-9-3-4-9/h5-6,8-9,12,15H,3-4,7,14H2,1-2H3. The van der Waals surface area contributed by atoms with Gasteiger partial charge in [0, 0.05) is 5.56 Å². The SMILES string of the molecule is COc1ccc(OC)c(C(CC2CC2)NN)c1. The summed E-state index contributed by atoms with van der Waals surface area (Å²) >= 11 is 0. The van der Waals surface area contributed by atoms with Crippen LogP contribution >= 0.6 is 0 Å². The molecule has 1 saturated carbocycles. The molecule has 17 heavy (non-hydrogen) atoms. The van der Waals surface area contributed by atoms with Gasteiger partial charge in [-0.25, -0.2) is 0 Å². The summed E-state index contributed by atoms with van der Waals surface area (Å²) < 4.78 is 10.6. The van der Waals surface area contributed by atoms with Gasteiger partial charge >= 0.3 is 0 Å². The van der Waals surface area contributed by atoms with Gasteiger partial charge in [0.25, 0.3) is 0 Å². The summed E-state index contributed by atoms with van der Waals surface area (Å²) in [6, 6.07) is 5.94. The van der Waals surface area contributed by atoms with Crippen molar-refractivity contribution in [2.45, 2.75) is 25.3 Å². The lowest BCUT2D eigenvalue weighted by Crippen LogP contribution is -2.28. The summed E-state index contributed by atoms with van der Waals surface area (Å²) in [4.78, 5) is 0. The number of methoxy groups -OCH3 is 2. The molecule has 0 saturated heterocycles. The third-order valence-electron chi connectivity index (χ3n) is 3.28. The van der Waals surface area contributed by atoms with E-state index < -0.39 is 0 Å². The molecule has 2 rings (SSSR count). The quantitative estimate of drug-likeness (QED) is 0.586. The van der Waals surface area contributed by atoms with Gasteiger partial charge in [-0.3, -0.25) is 11.3 Å². The first-order valence-electron chi connectivity index (χ1n) is 5.96. The van der Waals surface area contributed by atoms with E-state index in [9.17, 15) is 0 Å². The molecule has 1 aliphatic rings. The van der Waals surface area contributed by atoms with Gasteiger partial charge < -0.3 is 9.47 Å². The molecular formula is C13H20N2O2. The van der Waals surface area contributed by atoms with E-state index in [-0.39, 0.29) is 6.04 Å². The Bertz CT molecular complexity index is 378. The molecule has 4 nitrogen and oxygen atoms in total. The highest BCUT2D eigenvalue weighted by molar-refractivity contribution is 5.42. The summed E-state index contributed by atoms with van der Waals surface area (Å²) in [5.74, 6) is 8.13. The number of hydrogen-bond acceptors (Lipinski definition) is 4. The van der Waals surface area contributed by atoms with E-state index in [1.165, 1.54) is 12.8 Å². The van der Waals surface area contributed by atoms with Crippen LogP contribution in [0.25, 0.3) is 0 Å². The van der Waals surface area contributed by atoms with Crippen molar-refractivity contribution in [3.63, 3.8) is 0 Å². The molecule has 0 heterocycles. The van der Waals surface area contributed by atoms with Crippen molar-refractivity contribution in [2.24, 2.45) is 11.8 Å². The van der Waals surface area contributed by atoms with Crippen LogP contribution in [0.15, 0.2) is 18.2 Å². The number of nitrogens with two attached hydrogens (primary N) is 1. The van der Waals surface area contributed by atoms with E-state index >= 15 is 0 Å². The highest BCUT2D eigenvalue weighted by atomic mass is 16.5. The number of benzene rings is 1. The zero-order valence-electron chi connectivity index (χ0n) is 10.4. The molecule has 0 bridgehead atoms. The topological polar surface area (TPSA) is 56.5 Å². The Kier molecular flexibility index (Phi) is 3.86. The van der Waals surface area contributed by atoms with E-state index in [2.05, 4.69) is 5.43 Å². The van der Waals surface area contributed by atoms with Gasteiger partial charge in [0.1, 0.15) is 11.5 Å². The van der Waals surface area contributed by atoms with Gasteiger partial charge in [-0.05, 0) is 30.5 Å². The Morgan fingerprint density at radius 1 is 1.35 bits per heavy atom. The molecular weight excluding hydrogens is 216 g/mol. The zero-order chi connectivity index (χ0) is 12.3. The second-order valence-corrected chi connectivity index (χ2v) is 4.51. The largest absolute Gasteiger partial charge is 0.497 e. The van der Waals surface area contributed by atoms with Crippen molar-refractivity contribution in [3.8, 4) is 11.5 Å². The van der Waals surface area contributed by atoms with E-state index in [1.54, 1.807) is 14.2 Å². The lowest BCUT2D eigenvalue weighted by atomic mass is 10.0. The highest BCUT2D eigenvalue weighted by Gasteiger charge is 2.27. The van der Waals surface area contributed by atoms with Gasteiger partial charge in [0.15, 0.2) is 0 Å². The lowest BCUT2D eigenvalue weighted by molar-refractivity contribution is 0.384. The second kappa shape index (κ2) is 5.38. The molecule has 0 spiro atoms. The summed E-state index contributed by atoms with van der Waals surface area (Å²) in [5.41, 5.74) is 3.95. The van der Waals surface area contributed by atoms with Gasteiger partial charge in [-0.2, -0.15) is 0 Å². The lowest BCUT2D eigenvalue weighted by Gasteiger charge is -2.19. The minimum Gasteiger partial charge on any atom is -0.497 e. The first-order valence-corrected chi connectivity index (χ1v) is 5.96. The summed E-state index contributed by atoms with van der Waals surface area (Å²) in [7, 11) is 3.34. The molecule has 0 amide bonds. The summed E-state index contributed by atoms with van der Waals surface area (Å²) in [5, 5.41) is 0. The van der Waals surface area contributed by atoms with Crippen LogP contribution in [-0.4, -0.2) is 14.2 Å². The van der Waals surface area contributed by atoms with Crippen LogP contribution < -0.4 is 20.7 Å². The van der Waals surface area contributed by atoms with E-state index in [0.29, 0.717) is 0 Å². The Morgan fingerprint density at radius 3 is 2.65 bits per heavy atom. The first-order chi connectivity index (χ1) is 8.28. The van der Waals surface area contributed by atoms with Gasteiger partial charge in [0.05, 0.1) is 20.3 Å². The maximum absolute atomic E-state index is 5.65. The fraction of sp³-hybridized carbons (Fsp3) is 0.538. The highest BCUT2D eigenvalue weighted by Crippen LogP contribution is 2.40. The predicted octanol–water partition coefficient (Wildman–Crippen LogP) is 2.01.